The van der Waals surface area contributed by atoms with Gasteiger partial charge in [-0.25, -0.2) is 4.79 Å². The predicted octanol–water partition coefficient (Wildman–Crippen LogP) is 9.01. The van der Waals surface area contributed by atoms with E-state index in [4.69, 9.17) is 0 Å². The molecule has 46 heavy (non-hydrogen) atoms. The van der Waals surface area contributed by atoms with Gasteiger partial charge in [-0.2, -0.15) is 0 Å². The molecule has 1 aromatic carbocycles. The number of carbonyl (C=O) groups excluding carboxylic acids is 1. The summed E-state index contributed by atoms with van der Waals surface area (Å²) in [6.07, 6.45) is 11.3. The molecule has 0 aromatic heterocycles. The molecule has 9 atom stereocenters. The van der Waals surface area contributed by atoms with Gasteiger partial charge in [0.05, 0.1) is 11.0 Å². The summed E-state index contributed by atoms with van der Waals surface area (Å²) in [5.41, 5.74) is 4.19. The molecule has 0 bridgehead atoms. The van der Waals surface area contributed by atoms with Gasteiger partial charge < -0.3 is 15.7 Å². The fraction of sp³-hybridized carbons (Fsp3) is 0.707. The van der Waals surface area contributed by atoms with Crippen LogP contribution in [0.3, 0.4) is 0 Å². The third-order valence-electron chi connectivity index (χ3n) is 14.5. The van der Waals surface area contributed by atoms with E-state index in [9.17, 15) is 14.7 Å². The third kappa shape index (κ3) is 5.51. The maximum atomic E-state index is 14.1. The highest BCUT2D eigenvalue weighted by Gasteiger charge is 2.66. The molecule has 3 N–H and O–H groups in total. The van der Waals surface area contributed by atoms with Crippen LogP contribution >= 0.6 is 0 Å². The smallest absolute Gasteiger partial charge is 0.335 e. The molecular weight excluding hydrogens is 568 g/mol. The van der Waals surface area contributed by atoms with Crippen LogP contribution in [0.25, 0.3) is 5.57 Å². The number of aromatic carboxylic acids is 1. The Balaban J connectivity index is 1.45. The van der Waals surface area contributed by atoms with Crippen LogP contribution in [-0.4, -0.2) is 36.6 Å². The molecule has 0 heterocycles. The van der Waals surface area contributed by atoms with Crippen molar-refractivity contribution in [2.24, 2.45) is 57.2 Å². The Labute approximate surface area is 279 Å². The van der Waals surface area contributed by atoms with Gasteiger partial charge in [0.1, 0.15) is 0 Å². The van der Waals surface area contributed by atoms with Crippen molar-refractivity contribution in [2.75, 3.05) is 19.6 Å². The minimum absolute atomic E-state index is 0.0348. The van der Waals surface area contributed by atoms with E-state index in [1.54, 1.807) is 12.1 Å². The maximum absolute atomic E-state index is 14.1. The van der Waals surface area contributed by atoms with Crippen LogP contribution in [-0.2, 0) is 4.79 Å². The summed E-state index contributed by atoms with van der Waals surface area (Å²) < 4.78 is 0. The number of benzene rings is 1. The Bertz CT molecular complexity index is 1350. The van der Waals surface area contributed by atoms with Crippen LogP contribution < -0.4 is 10.6 Å². The van der Waals surface area contributed by atoms with Crippen LogP contribution in [0.1, 0.15) is 123 Å². The number of carboxylic acids is 1. The predicted molar refractivity (Wildman–Crippen MR) is 189 cm³/mol. The second-order valence-electron chi connectivity index (χ2n) is 16.8. The summed E-state index contributed by atoms with van der Waals surface area (Å²) in [6.45, 7) is 26.2. The molecule has 5 rings (SSSR count). The highest BCUT2D eigenvalue weighted by molar-refractivity contribution is 5.88. The SMILES string of the molecule is C=C(C)C1CCC2(C(=O)NCCNCC)CCC3(C)C(C)C(C4(C)CC=C(c5ccc(C(=O)O)cc5)C(C)(C)C4CC)CCC3C12. The van der Waals surface area contributed by atoms with E-state index >= 15 is 0 Å². The molecule has 5 heteroatoms. The zero-order valence-electron chi connectivity index (χ0n) is 30.1. The topological polar surface area (TPSA) is 78.4 Å². The maximum Gasteiger partial charge on any atom is 0.335 e. The van der Waals surface area contributed by atoms with Crippen molar-refractivity contribution in [1.82, 2.24) is 10.6 Å². The summed E-state index contributed by atoms with van der Waals surface area (Å²) in [5, 5.41) is 16.2. The Morgan fingerprint density at radius 1 is 0.935 bits per heavy atom. The number of nitrogens with one attached hydrogen (secondary N) is 2. The first-order valence-corrected chi connectivity index (χ1v) is 18.4. The van der Waals surface area contributed by atoms with E-state index in [2.05, 4.69) is 78.7 Å². The van der Waals surface area contributed by atoms with Gasteiger partial charge in [-0.05, 0) is 133 Å². The van der Waals surface area contributed by atoms with E-state index in [1.165, 1.54) is 24.0 Å². The molecule has 9 unspecified atom stereocenters. The highest BCUT2D eigenvalue weighted by atomic mass is 16.4. The standard InChI is InChI=1S/C41H62N2O3/c1-10-34-38(6,7)32(28-12-14-29(15-13-28)36(44)45)19-20-40(34,9)31-16-17-33-35-30(26(3)4)18-21-41(35,23-22-39(33,8)27(31)5)37(46)43-25-24-42-11-2/h12-15,19,27,30-31,33-35,42H,3,10-11,16-18,20-25H2,1-2,4-9H3,(H,43,46)(H,44,45). The molecular formula is C41H62N2O3. The van der Waals surface area contributed by atoms with Gasteiger partial charge in [-0.15, -0.1) is 0 Å². The molecule has 0 radical (unpaired) electrons. The van der Waals surface area contributed by atoms with Crippen molar-refractivity contribution in [3.8, 4) is 0 Å². The number of likely N-dealkylation sites (N-methyl/N-ethyl adjacent to an activating group) is 1. The molecule has 1 amide bonds. The zero-order valence-corrected chi connectivity index (χ0v) is 30.1. The first kappa shape index (κ1) is 34.9. The second-order valence-corrected chi connectivity index (χ2v) is 16.8. The molecule has 4 aliphatic rings. The normalized spacial score (nSPS) is 38.3. The number of carbonyl (C=O) groups is 2. The Kier molecular flexibility index (Phi) is 9.79. The fourth-order valence-electron chi connectivity index (χ4n) is 12.2. The number of rotatable bonds is 10. The van der Waals surface area contributed by atoms with E-state index in [-0.39, 0.29) is 21.7 Å². The monoisotopic (exact) mass is 630 g/mol. The van der Waals surface area contributed by atoms with Gasteiger partial charge in [0.15, 0.2) is 0 Å². The lowest BCUT2D eigenvalue weighted by atomic mass is 9.40. The summed E-state index contributed by atoms with van der Waals surface area (Å²) in [6, 6.07) is 7.51. The number of amides is 1. The lowest BCUT2D eigenvalue weighted by Crippen LogP contribution is -2.60. The fourth-order valence-corrected chi connectivity index (χ4v) is 12.2. The molecule has 0 aliphatic heterocycles. The van der Waals surface area contributed by atoms with Crippen molar-refractivity contribution in [3.63, 3.8) is 0 Å². The number of carboxylic acid groups (broad SMARTS) is 1. The van der Waals surface area contributed by atoms with Gasteiger partial charge in [-0.1, -0.05) is 85.2 Å². The Morgan fingerprint density at radius 3 is 2.22 bits per heavy atom. The second kappa shape index (κ2) is 12.9. The number of fused-ring (bicyclic) bond motifs is 3. The number of hydrogen-bond acceptors (Lipinski definition) is 3. The molecule has 4 aliphatic carbocycles. The largest absolute Gasteiger partial charge is 0.478 e. The highest BCUT2D eigenvalue weighted by Crippen LogP contribution is 2.71. The van der Waals surface area contributed by atoms with Gasteiger partial charge in [-0.3, -0.25) is 4.79 Å². The molecule has 3 fully saturated rings. The van der Waals surface area contributed by atoms with Crippen molar-refractivity contribution in [2.45, 2.75) is 107 Å². The van der Waals surface area contributed by atoms with Gasteiger partial charge >= 0.3 is 5.97 Å². The van der Waals surface area contributed by atoms with Crippen LogP contribution in [0, 0.1) is 57.2 Å². The van der Waals surface area contributed by atoms with Crippen molar-refractivity contribution in [1.29, 1.82) is 0 Å². The average Bonchev–Trinajstić information content (AvgIpc) is 3.41. The lowest BCUT2D eigenvalue weighted by Gasteiger charge is -2.64. The summed E-state index contributed by atoms with van der Waals surface area (Å²) >= 11 is 0. The van der Waals surface area contributed by atoms with E-state index in [0.717, 1.165) is 57.2 Å². The quantitative estimate of drug-likeness (QED) is 0.178. The Morgan fingerprint density at radius 2 is 1.61 bits per heavy atom. The minimum atomic E-state index is -0.877. The van der Waals surface area contributed by atoms with Crippen molar-refractivity contribution < 1.29 is 14.7 Å². The van der Waals surface area contributed by atoms with Gasteiger partial charge in [0.25, 0.3) is 0 Å². The summed E-state index contributed by atoms with van der Waals surface area (Å²) in [7, 11) is 0. The number of allylic oxidation sites excluding steroid dienone is 3. The average molecular weight is 631 g/mol. The van der Waals surface area contributed by atoms with E-state index in [0.29, 0.717) is 53.5 Å². The minimum Gasteiger partial charge on any atom is -0.478 e. The number of hydrogen-bond donors (Lipinski definition) is 3. The lowest BCUT2D eigenvalue weighted by molar-refractivity contribution is -0.163. The van der Waals surface area contributed by atoms with Crippen LogP contribution in [0.5, 0.6) is 0 Å². The van der Waals surface area contributed by atoms with Crippen LogP contribution in [0.4, 0.5) is 0 Å². The first-order chi connectivity index (χ1) is 21.7. The molecule has 1 aromatic rings. The summed E-state index contributed by atoms with van der Waals surface area (Å²) in [4.78, 5) is 25.6. The van der Waals surface area contributed by atoms with Gasteiger partial charge in [0, 0.05) is 13.1 Å². The van der Waals surface area contributed by atoms with Crippen LogP contribution in [0.2, 0.25) is 0 Å². The Hall–Kier alpha value is -2.40. The molecule has 5 nitrogen and oxygen atoms in total. The van der Waals surface area contributed by atoms with Crippen molar-refractivity contribution >= 4 is 17.4 Å². The van der Waals surface area contributed by atoms with E-state index < -0.39 is 5.97 Å². The molecule has 0 saturated heterocycles. The summed E-state index contributed by atoms with van der Waals surface area (Å²) in [5.74, 6) is 2.45. The van der Waals surface area contributed by atoms with Gasteiger partial charge in [0.2, 0.25) is 5.91 Å². The molecule has 254 valence electrons. The zero-order chi connectivity index (χ0) is 33.7. The molecule has 3 saturated carbocycles. The third-order valence-corrected chi connectivity index (χ3v) is 14.5. The van der Waals surface area contributed by atoms with E-state index in [1.807, 2.05) is 12.1 Å². The molecule has 0 spiro atoms. The van der Waals surface area contributed by atoms with Crippen molar-refractivity contribution in [3.05, 3.63) is 53.6 Å². The van der Waals surface area contributed by atoms with Crippen LogP contribution in [0.15, 0.2) is 42.5 Å². The first-order valence-electron chi connectivity index (χ1n) is 18.4.